The molecule has 0 aliphatic carbocycles. The lowest BCUT2D eigenvalue weighted by molar-refractivity contribution is -0.546. The third kappa shape index (κ3) is 11.2. The molecule has 0 atom stereocenters. The highest BCUT2D eigenvalue weighted by Gasteiger charge is 1.73. The topological polar surface area (TPSA) is 113 Å². The van der Waals surface area contributed by atoms with Crippen LogP contribution in [0.4, 0.5) is 0 Å². The van der Waals surface area contributed by atoms with Crippen LogP contribution in [-0.4, -0.2) is 10.5 Å². The second-order valence-corrected chi connectivity index (χ2v) is 0.386. The molecule has 0 fully saturated rings. The minimum atomic E-state index is -0.847. The van der Waals surface area contributed by atoms with E-state index in [9.17, 15) is 0 Å². The number of nitro groups is 1. The maximum atomic E-state index is 8.94. The largest absolute Gasteiger partial charge is 0.412 e. The highest BCUT2D eigenvalue weighted by atomic mass is 16.7. The van der Waals surface area contributed by atoms with E-state index in [1.165, 1.54) is 5.53 Å². The van der Waals surface area contributed by atoms with Gasteiger partial charge >= 0.3 is 0 Å². The molecule has 0 spiro atoms. The SMILES string of the molecule is NN[N+](=O)[O-].O. The zero-order chi connectivity index (χ0) is 4.28. The van der Waals surface area contributed by atoms with E-state index < -0.39 is 5.03 Å². The molecule has 0 radical (unpaired) electrons. The van der Waals surface area contributed by atoms with Crippen molar-refractivity contribution >= 4 is 0 Å². The molecular weight excluding hydrogens is 90.0 g/mol. The molecule has 6 heavy (non-hydrogen) atoms. The third-order valence-electron chi connectivity index (χ3n) is 0.105. The van der Waals surface area contributed by atoms with Gasteiger partial charge in [0.1, 0.15) is 0 Å². The monoisotopic (exact) mass is 95.0 g/mol. The van der Waals surface area contributed by atoms with Gasteiger partial charge in [0.15, 0.2) is 5.03 Å². The molecule has 6 nitrogen and oxygen atoms in total. The normalized spacial score (nSPS) is 5.50. The summed E-state index contributed by atoms with van der Waals surface area (Å²) in [6.07, 6.45) is 0. The zero-order valence-corrected chi connectivity index (χ0v) is 2.84. The van der Waals surface area contributed by atoms with Crippen LogP contribution in [-0.2, 0) is 0 Å². The molecule has 0 saturated heterocycles. The summed E-state index contributed by atoms with van der Waals surface area (Å²) in [5.74, 6) is 4.22. The Balaban J connectivity index is 0. The lowest BCUT2D eigenvalue weighted by Gasteiger charge is -1.76. The number of hydrogen-bond donors (Lipinski definition) is 2. The fourth-order valence-corrected chi connectivity index (χ4v) is 0. The summed E-state index contributed by atoms with van der Waals surface area (Å²) in [4.78, 5) is 8.94. The maximum Gasteiger partial charge on any atom is 0.173 e. The Morgan fingerprint density at radius 3 is 2.00 bits per heavy atom. The van der Waals surface area contributed by atoms with Gasteiger partial charge in [-0.3, -0.25) is 0 Å². The molecule has 0 saturated carbocycles. The van der Waals surface area contributed by atoms with Gasteiger partial charge in [0, 0.05) is 0 Å². The van der Waals surface area contributed by atoms with Crippen LogP contribution >= 0.6 is 0 Å². The van der Waals surface area contributed by atoms with Gasteiger partial charge in [-0.15, -0.1) is 0 Å². The molecule has 0 unspecified atom stereocenters. The quantitative estimate of drug-likeness (QED) is 0.219. The van der Waals surface area contributed by atoms with Crippen LogP contribution in [0.25, 0.3) is 0 Å². The van der Waals surface area contributed by atoms with Crippen LogP contribution in [0.15, 0.2) is 0 Å². The molecule has 6 heteroatoms. The van der Waals surface area contributed by atoms with Crippen molar-refractivity contribution in [3.05, 3.63) is 10.1 Å². The first-order valence-corrected chi connectivity index (χ1v) is 0.877. The van der Waals surface area contributed by atoms with Crippen molar-refractivity contribution in [2.45, 2.75) is 0 Å². The summed E-state index contributed by atoms with van der Waals surface area (Å²) < 4.78 is 0. The lowest BCUT2D eigenvalue weighted by atomic mass is 12.5. The Kier molecular flexibility index (Phi) is 6.13. The predicted molar refractivity (Wildman–Crippen MR) is 17.9 cm³/mol. The van der Waals surface area contributed by atoms with Gasteiger partial charge in [-0.1, -0.05) is 5.53 Å². The number of nitrogens with one attached hydrogen (secondary N) is 1. The molecule has 0 heterocycles. The second kappa shape index (κ2) is 4.12. The molecule has 0 aliphatic rings. The Morgan fingerprint density at radius 2 is 2.00 bits per heavy atom. The van der Waals surface area contributed by atoms with E-state index in [2.05, 4.69) is 5.84 Å². The minimum Gasteiger partial charge on any atom is -0.412 e. The van der Waals surface area contributed by atoms with Crippen molar-refractivity contribution in [3.8, 4) is 0 Å². The summed E-state index contributed by atoms with van der Waals surface area (Å²) in [6, 6.07) is 0. The highest BCUT2D eigenvalue weighted by Crippen LogP contribution is 1.38. The van der Waals surface area contributed by atoms with E-state index in [-0.39, 0.29) is 5.48 Å². The number of nitrogens with zero attached hydrogens (tertiary/aromatic N) is 1. The van der Waals surface area contributed by atoms with Crippen molar-refractivity contribution in [2.24, 2.45) is 5.84 Å². The summed E-state index contributed by atoms with van der Waals surface area (Å²) >= 11 is 0. The van der Waals surface area contributed by atoms with Crippen LogP contribution in [0.3, 0.4) is 0 Å². The van der Waals surface area contributed by atoms with Crippen molar-refractivity contribution in [3.63, 3.8) is 0 Å². The molecule has 0 aromatic carbocycles. The number of hydrogen-bond acceptors (Lipinski definition) is 3. The maximum absolute atomic E-state index is 8.94. The second-order valence-electron chi connectivity index (χ2n) is 0.386. The summed E-state index contributed by atoms with van der Waals surface area (Å²) in [5.41, 5.74) is 1.25. The van der Waals surface area contributed by atoms with Gasteiger partial charge in [-0.2, -0.15) is 5.84 Å². The van der Waals surface area contributed by atoms with Crippen molar-refractivity contribution in [1.82, 2.24) is 5.53 Å². The number of hydrazine groups is 2. The molecule has 38 valence electrons. The average molecular weight is 95.1 g/mol. The molecule has 0 rings (SSSR count). The molecule has 0 bridgehead atoms. The van der Waals surface area contributed by atoms with Crippen LogP contribution < -0.4 is 11.4 Å². The molecular formula is H5N3O3. The van der Waals surface area contributed by atoms with Gasteiger partial charge < -0.3 is 5.48 Å². The van der Waals surface area contributed by atoms with Crippen LogP contribution in [0.1, 0.15) is 0 Å². The highest BCUT2D eigenvalue weighted by molar-refractivity contribution is 3.91. The standard InChI is InChI=1S/H3N3O2.H2O/c1-2-3(4)5;/h2H,1H2;1H2. The van der Waals surface area contributed by atoms with Crippen LogP contribution in [0.5, 0.6) is 0 Å². The zero-order valence-electron chi connectivity index (χ0n) is 2.84. The Morgan fingerprint density at radius 1 is 1.83 bits per heavy atom. The first kappa shape index (κ1) is 8.93. The lowest BCUT2D eigenvalue weighted by Crippen LogP contribution is -2.28. The van der Waals surface area contributed by atoms with Crippen molar-refractivity contribution < 1.29 is 10.5 Å². The van der Waals surface area contributed by atoms with Crippen LogP contribution in [0.2, 0.25) is 0 Å². The van der Waals surface area contributed by atoms with E-state index in [1.54, 1.807) is 0 Å². The van der Waals surface area contributed by atoms with E-state index in [0.717, 1.165) is 0 Å². The van der Waals surface area contributed by atoms with E-state index in [4.69, 9.17) is 10.1 Å². The molecule has 0 aromatic heterocycles. The van der Waals surface area contributed by atoms with Gasteiger partial charge in [-0.05, 0) is 0 Å². The van der Waals surface area contributed by atoms with Gasteiger partial charge in [0.25, 0.3) is 0 Å². The average Bonchev–Trinajstić information content (AvgIpc) is 1.38. The molecule has 5 N–H and O–H groups in total. The van der Waals surface area contributed by atoms with Gasteiger partial charge in [0.05, 0.1) is 0 Å². The van der Waals surface area contributed by atoms with E-state index in [1.807, 2.05) is 0 Å². The van der Waals surface area contributed by atoms with Crippen molar-refractivity contribution in [1.29, 1.82) is 0 Å². The number of nitrogens with two attached hydrogens (primary N) is 1. The smallest absolute Gasteiger partial charge is 0.173 e. The van der Waals surface area contributed by atoms with Gasteiger partial charge in [-0.25, -0.2) is 10.1 Å². The summed E-state index contributed by atoms with van der Waals surface area (Å²) in [5, 5.41) is 8.09. The predicted octanol–water partition coefficient (Wildman–Crippen LogP) is -2.18. The fraction of sp³-hybridized carbons (Fsp3) is 0. The molecule has 0 aliphatic heterocycles. The van der Waals surface area contributed by atoms with E-state index >= 15 is 0 Å². The minimum absolute atomic E-state index is 0. The third-order valence-corrected chi connectivity index (χ3v) is 0.105. The Bertz CT molecular complexity index is 41.3. The Labute approximate surface area is 33.3 Å². The molecule has 0 aromatic rings. The van der Waals surface area contributed by atoms with Crippen molar-refractivity contribution in [2.75, 3.05) is 0 Å². The van der Waals surface area contributed by atoms with Crippen LogP contribution in [0, 0.1) is 10.1 Å². The van der Waals surface area contributed by atoms with E-state index in [0.29, 0.717) is 0 Å². The molecule has 0 amide bonds. The first-order valence-electron chi connectivity index (χ1n) is 0.877. The number of rotatable bonds is 1. The Hall–Kier alpha value is -0.880. The van der Waals surface area contributed by atoms with Gasteiger partial charge in [0.2, 0.25) is 0 Å². The summed E-state index contributed by atoms with van der Waals surface area (Å²) in [6.45, 7) is 0. The first-order chi connectivity index (χ1) is 2.27. The summed E-state index contributed by atoms with van der Waals surface area (Å²) in [7, 11) is 0. The fourth-order valence-electron chi connectivity index (χ4n) is 0.